The summed E-state index contributed by atoms with van der Waals surface area (Å²) in [6.07, 6.45) is 0. The van der Waals surface area contributed by atoms with Gasteiger partial charge in [0.2, 0.25) is 3.57 Å². The first-order valence-corrected chi connectivity index (χ1v) is 10.2. The van der Waals surface area contributed by atoms with E-state index in [0.29, 0.717) is 12.3 Å². The van der Waals surface area contributed by atoms with Crippen LogP contribution in [0.25, 0.3) is 10.9 Å². The highest BCUT2D eigenvalue weighted by atomic mass is 127. The van der Waals surface area contributed by atoms with E-state index in [2.05, 4.69) is 34.1 Å². The van der Waals surface area contributed by atoms with Gasteiger partial charge in [-0.1, -0.05) is 34.1 Å². The van der Waals surface area contributed by atoms with Gasteiger partial charge in [0.25, 0.3) is 0 Å². The molecule has 0 spiro atoms. The molecule has 0 fully saturated rings. The molecule has 1 heterocycles. The number of rotatable bonds is 4. The summed E-state index contributed by atoms with van der Waals surface area (Å²) in [5.74, 6) is -0.243. The van der Waals surface area contributed by atoms with Gasteiger partial charge < -0.3 is 9.30 Å². The van der Waals surface area contributed by atoms with E-state index in [1.54, 1.807) is 0 Å². The van der Waals surface area contributed by atoms with Crippen LogP contribution in [0.3, 0.4) is 0 Å². The molecule has 0 bridgehead atoms. The first-order valence-electron chi connectivity index (χ1n) is 7.26. The molecule has 2 aromatic carbocycles. The number of fused-ring (bicyclic) bond motifs is 1. The molecule has 0 saturated carbocycles. The van der Waals surface area contributed by atoms with E-state index < -0.39 is 21.2 Å². The van der Waals surface area contributed by atoms with Gasteiger partial charge in [-0.25, -0.2) is 4.79 Å². The SMILES string of the molecule is CCOC(=O)c1c([I+]c2ccccc2)c2cc(Br)ccc2n1C. The molecular formula is C18H16BrINO2+. The summed E-state index contributed by atoms with van der Waals surface area (Å²) in [6, 6.07) is 16.5. The Labute approximate surface area is 154 Å². The third-order valence-corrected chi connectivity index (χ3v) is 6.97. The van der Waals surface area contributed by atoms with E-state index in [0.717, 1.165) is 18.9 Å². The van der Waals surface area contributed by atoms with E-state index in [-0.39, 0.29) is 5.97 Å². The zero-order valence-electron chi connectivity index (χ0n) is 12.8. The van der Waals surface area contributed by atoms with Crippen molar-refractivity contribution < 1.29 is 30.7 Å². The predicted octanol–water partition coefficient (Wildman–Crippen LogP) is 1.25. The third kappa shape index (κ3) is 3.30. The maximum absolute atomic E-state index is 12.5. The molecule has 3 nitrogen and oxygen atoms in total. The monoisotopic (exact) mass is 484 g/mol. The van der Waals surface area contributed by atoms with Crippen molar-refractivity contribution in [3.05, 3.63) is 65.8 Å². The number of carbonyl (C=O) groups is 1. The van der Waals surface area contributed by atoms with Gasteiger partial charge in [-0.2, -0.15) is 0 Å². The Bertz CT molecular complexity index is 858. The average Bonchev–Trinajstić information content (AvgIpc) is 2.80. The van der Waals surface area contributed by atoms with Crippen molar-refractivity contribution in [2.45, 2.75) is 6.92 Å². The van der Waals surface area contributed by atoms with Crippen LogP contribution in [0.5, 0.6) is 0 Å². The maximum Gasteiger partial charge on any atom is 0.361 e. The van der Waals surface area contributed by atoms with Crippen molar-refractivity contribution in [2.75, 3.05) is 6.61 Å². The minimum absolute atomic E-state index is 0.243. The van der Waals surface area contributed by atoms with Gasteiger partial charge >= 0.3 is 27.2 Å². The lowest BCUT2D eigenvalue weighted by Gasteiger charge is -2.02. The molecule has 0 amide bonds. The van der Waals surface area contributed by atoms with Crippen LogP contribution in [0.4, 0.5) is 0 Å². The van der Waals surface area contributed by atoms with E-state index in [1.807, 2.05) is 48.9 Å². The fourth-order valence-electron chi connectivity index (χ4n) is 2.48. The topological polar surface area (TPSA) is 31.2 Å². The molecule has 23 heavy (non-hydrogen) atoms. The zero-order chi connectivity index (χ0) is 16.4. The third-order valence-electron chi connectivity index (χ3n) is 3.51. The van der Waals surface area contributed by atoms with Crippen LogP contribution in [-0.4, -0.2) is 17.1 Å². The predicted molar refractivity (Wildman–Crippen MR) is 90.4 cm³/mol. The summed E-state index contributed by atoms with van der Waals surface area (Å²) in [4.78, 5) is 12.5. The highest BCUT2D eigenvalue weighted by Crippen LogP contribution is 2.23. The summed E-state index contributed by atoms with van der Waals surface area (Å²) in [7, 11) is 1.93. The van der Waals surface area contributed by atoms with E-state index in [9.17, 15) is 4.79 Å². The van der Waals surface area contributed by atoms with Gasteiger partial charge in [0.1, 0.15) is 0 Å². The Morgan fingerprint density at radius 2 is 1.96 bits per heavy atom. The van der Waals surface area contributed by atoms with Gasteiger partial charge in [0, 0.05) is 11.5 Å². The smallest absolute Gasteiger partial charge is 0.361 e. The molecule has 3 aromatic rings. The number of carbonyl (C=O) groups excluding carboxylic acids is 1. The van der Waals surface area contributed by atoms with Gasteiger partial charge in [0.05, 0.1) is 17.5 Å². The Morgan fingerprint density at radius 3 is 2.65 bits per heavy atom. The molecule has 0 atom stereocenters. The van der Waals surface area contributed by atoms with Crippen LogP contribution in [0.15, 0.2) is 53.0 Å². The molecule has 5 heteroatoms. The largest absolute Gasteiger partial charge is 0.461 e. The average molecular weight is 485 g/mol. The highest BCUT2D eigenvalue weighted by molar-refractivity contribution is 9.10. The van der Waals surface area contributed by atoms with Crippen LogP contribution in [0.2, 0.25) is 0 Å². The quantitative estimate of drug-likeness (QED) is 0.412. The lowest BCUT2D eigenvalue weighted by atomic mass is 10.2. The van der Waals surface area contributed by atoms with Crippen molar-refractivity contribution in [3.8, 4) is 0 Å². The second-order valence-corrected chi connectivity index (χ2v) is 8.77. The number of benzene rings is 2. The molecule has 0 unspecified atom stereocenters. The van der Waals surface area contributed by atoms with Crippen LogP contribution >= 0.6 is 15.9 Å². The van der Waals surface area contributed by atoms with Gasteiger partial charge in [-0.15, -0.1) is 0 Å². The minimum Gasteiger partial charge on any atom is -0.461 e. The Morgan fingerprint density at radius 1 is 1.22 bits per heavy atom. The molecule has 0 aliphatic carbocycles. The number of aryl methyl sites for hydroxylation is 1. The Kier molecular flexibility index (Phi) is 5.06. The first-order chi connectivity index (χ1) is 11.1. The maximum atomic E-state index is 12.5. The fraction of sp³-hybridized carbons (Fsp3) is 0.167. The van der Waals surface area contributed by atoms with Crippen LogP contribution in [-0.2, 0) is 11.8 Å². The lowest BCUT2D eigenvalue weighted by molar-refractivity contribution is -0.595. The molecule has 0 aliphatic rings. The second-order valence-electron chi connectivity index (χ2n) is 4.99. The lowest BCUT2D eigenvalue weighted by Crippen LogP contribution is -3.61. The Balaban J connectivity index is 2.21. The summed E-state index contributed by atoms with van der Waals surface area (Å²) < 4.78 is 10.7. The van der Waals surface area contributed by atoms with Crippen molar-refractivity contribution >= 4 is 32.8 Å². The Hall–Kier alpha value is -1.34. The van der Waals surface area contributed by atoms with Gasteiger partial charge in [-0.3, -0.25) is 0 Å². The summed E-state index contributed by atoms with van der Waals surface area (Å²) in [6.45, 7) is 2.22. The molecular weight excluding hydrogens is 469 g/mol. The van der Waals surface area contributed by atoms with Crippen LogP contribution in [0, 0.1) is 7.14 Å². The van der Waals surface area contributed by atoms with Crippen molar-refractivity contribution in [1.29, 1.82) is 0 Å². The zero-order valence-corrected chi connectivity index (χ0v) is 16.6. The van der Waals surface area contributed by atoms with Crippen LogP contribution < -0.4 is 21.2 Å². The molecule has 118 valence electrons. The number of hydrogen-bond donors (Lipinski definition) is 0. The van der Waals surface area contributed by atoms with E-state index in [4.69, 9.17) is 4.74 Å². The number of ether oxygens (including phenoxy) is 1. The van der Waals surface area contributed by atoms with Crippen molar-refractivity contribution in [1.82, 2.24) is 4.57 Å². The normalized spacial score (nSPS) is 10.9. The first kappa shape index (κ1) is 16.5. The number of esters is 1. The van der Waals surface area contributed by atoms with Gasteiger partial charge in [-0.05, 0) is 37.3 Å². The number of halogens is 2. The molecule has 0 aliphatic heterocycles. The van der Waals surface area contributed by atoms with Crippen molar-refractivity contribution in [3.63, 3.8) is 0 Å². The molecule has 0 saturated heterocycles. The fourth-order valence-corrected chi connectivity index (χ4v) is 5.80. The standard InChI is InChI=1S/C18H16BrINO2/c1-3-23-18(22)17-16(20-13-7-5-4-6-8-13)14-11-12(19)9-10-15(14)21(17)2/h4-11H,3H2,1-2H3/q+1. The minimum atomic E-state index is -0.475. The second kappa shape index (κ2) is 7.05. The van der Waals surface area contributed by atoms with Gasteiger partial charge in [0.15, 0.2) is 9.26 Å². The molecule has 1 aromatic heterocycles. The van der Waals surface area contributed by atoms with E-state index >= 15 is 0 Å². The van der Waals surface area contributed by atoms with E-state index in [1.165, 1.54) is 3.57 Å². The number of hydrogen-bond acceptors (Lipinski definition) is 2. The molecule has 3 rings (SSSR count). The molecule has 0 radical (unpaired) electrons. The highest BCUT2D eigenvalue weighted by Gasteiger charge is 2.32. The van der Waals surface area contributed by atoms with Crippen molar-refractivity contribution in [2.24, 2.45) is 7.05 Å². The van der Waals surface area contributed by atoms with Crippen LogP contribution in [0.1, 0.15) is 17.4 Å². The number of aromatic nitrogens is 1. The summed E-state index contributed by atoms with van der Waals surface area (Å²) in [5.41, 5.74) is 1.73. The summed E-state index contributed by atoms with van der Waals surface area (Å²) >= 11 is 3.07. The summed E-state index contributed by atoms with van der Waals surface area (Å²) in [5, 5.41) is 1.13. The number of nitrogens with zero attached hydrogens (tertiary/aromatic N) is 1. The molecule has 0 N–H and O–H groups in total.